The highest BCUT2D eigenvalue weighted by Crippen LogP contribution is 2.45. The molecule has 4 rings (SSSR count). The summed E-state index contributed by atoms with van der Waals surface area (Å²) in [5.41, 5.74) is 1.04. The lowest BCUT2D eigenvalue weighted by Gasteiger charge is -2.19. The molecule has 2 amide bonds. The molecular weight excluding hydrogens is 517 g/mol. The zero-order chi connectivity index (χ0) is 26.7. The van der Waals surface area contributed by atoms with Crippen LogP contribution in [0.1, 0.15) is 6.42 Å². The van der Waals surface area contributed by atoms with Crippen LogP contribution in [0.3, 0.4) is 0 Å². The molecule has 1 fully saturated rings. The first kappa shape index (κ1) is 26.5. The Kier molecular flexibility index (Phi) is 8.04. The molecule has 0 spiro atoms. The Balaban J connectivity index is 1.63. The number of allylic oxidation sites excluding steroid dienone is 1. The molecule has 37 heavy (non-hydrogen) atoms. The number of pyridine rings is 2. The third-order valence-corrected chi connectivity index (χ3v) is 7.15. The number of amides is 2. The largest absolute Gasteiger partial charge is 0.495 e. The first-order valence-corrected chi connectivity index (χ1v) is 12.3. The molecule has 194 valence electrons. The fourth-order valence-corrected chi connectivity index (χ4v) is 5.16. The van der Waals surface area contributed by atoms with Crippen LogP contribution in [-0.2, 0) is 4.79 Å². The van der Waals surface area contributed by atoms with Crippen molar-refractivity contribution in [3.05, 3.63) is 53.3 Å². The van der Waals surface area contributed by atoms with E-state index < -0.39 is 0 Å². The number of ether oxygens (including phenoxy) is 2. The van der Waals surface area contributed by atoms with Gasteiger partial charge in [-0.05, 0) is 18.2 Å². The number of methoxy groups -OCH3 is 2. The Morgan fingerprint density at radius 3 is 2.35 bits per heavy atom. The summed E-state index contributed by atoms with van der Waals surface area (Å²) in [6.45, 7) is 4.47. The van der Waals surface area contributed by atoms with E-state index in [4.69, 9.17) is 32.7 Å². The lowest BCUT2D eigenvalue weighted by molar-refractivity contribution is -0.115. The molecule has 3 heterocycles. The Bertz CT molecular complexity index is 1340. The lowest BCUT2D eigenvalue weighted by atomic mass is 9.97. The van der Waals surface area contributed by atoms with Gasteiger partial charge in [-0.25, -0.2) is 9.78 Å². The molecule has 0 aliphatic carbocycles. The fraction of sp³-hybridized carbons (Fsp3) is 0.308. The van der Waals surface area contributed by atoms with E-state index in [-0.39, 0.29) is 23.8 Å². The summed E-state index contributed by atoms with van der Waals surface area (Å²) in [5, 5.41) is 8.35. The average Bonchev–Trinajstić information content (AvgIpc) is 3.30. The second-order valence-corrected chi connectivity index (χ2v) is 9.37. The number of urea groups is 1. The van der Waals surface area contributed by atoms with Gasteiger partial charge in [0.2, 0.25) is 0 Å². The summed E-state index contributed by atoms with van der Waals surface area (Å²) < 4.78 is 10.7. The number of halogens is 2. The third kappa shape index (κ3) is 5.42. The topological polar surface area (TPSA) is 106 Å². The van der Waals surface area contributed by atoms with E-state index in [0.717, 1.165) is 10.8 Å². The minimum atomic E-state index is -0.185. The van der Waals surface area contributed by atoms with Gasteiger partial charge in [0.15, 0.2) is 5.78 Å². The summed E-state index contributed by atoms with van der Waals surface area (Å²) in [6.07, 6.45) is 5.03. The van der Waals surface area contributed by atoms with Gasteiger partial charge < -0.3 is 25.0 Å². The van der Waals surface area contributed by atoms with Crippen LogP contribution in [0.15, 0.2) is 43.2 Å². The predicted octanol–water partition coefficient (Wildman–Crippen LogP) is 4.82. The van der Waals surface area contributed by atoms with E-state index in [9.17, 15) is 9.59 Å². The molecule has 2 aromatic heterocycles. The molecule has 0 bridgehead atoms. The second kappa shape index (κ2) is 11.2. The standard InChI is InChI=1S/C26H27Cl2N5O4/c1-5-17(34)6-16-12-33(26(35)29-2)13-19(16)32-22-8-15-10-30-18(7-14(15)11-31-22)23-24(27)20(36-3)9-21(37-4)25(23)28/h5,7-11,16,19H,1,6,12-13H2,2-4H3,(H,29,35)(H,31,32)/t16-,19+/m0/s1. The van der Waals surface area contributed by atoms with E-state index in [2.05, 4.69) is 27.2 Å². The van der Waals surface area contributed by atoms with Gasteiger partial charge in [0.25, 0.3) is 0 Å². The van der Waals surface area contributed by atoms with Crippen LogP contribution in [0.5, 0.6) is 11.5 Å². The minimum absolute atomic E-state index is 0.0646. The van der Waals surface area contributed by atoms with Crippen LogP contribution in [-0.4, -0.2) is 67.1 Å². The molecular formula is C26H27Cl2N5O4. The van der Waals surface area contributed by atoms with E-state index in [0.29, 0.717) is 58.1 Å². The van der Waals surface area contributed by atoms with E-state index in [1.165, 1.54) is 20.3 Å². The van der Waals surface area contributed by atoms with E-state index in [1.54, 1.807) is 30.4 Å². The summed E-state index contributed by atoms with van der Waals surface area (Å²) in [4.78, 5) is 35.1. The Morgan fingerprint density at radius 1 is 1.08 bits per heavy atom. The normalized spacial score (nSPS) is 16.9. The number of likely N-dealkylation sites (tertiary alicyclic amines) is 1. The Morgan fingerprint density at radius 2 is 1.73 bits per heavy atom. The molecule has 3 aromatic rings. The molecule has 0 unspecified atom stereocenters. The summed E-state index contributed by atoms with van der Waals surface area (Å²) in [7, 11) is 4.61. The van der Waals surface area contributed by atoms with Crippen molar-refractivity contribution in [2.45, 2.75) is 12.5 Å². The Hall–Kier alpha value is -3.56. The number of rotatable bonds is 8. The SMILES string of the molecule is C=CC(=O)C[C@H]1CN(C(=O)NC)C[C@H]1Nc1cc2cnc(-c3c(Cl)c(OC)cc(OC)c3Cl)cc2cn1. The maximum atomic E-state index is 12.2. The predicted molar refractivity (Wildman–Crippen MR) is 145 cm³/mol. The van der Waals surface area contributed by atoms with Crippen molar-refractivity contribution in [3.63, 3.8) is 0 Å². The number of anilines is 1. The van der Waals surface area contributed by atoms with Gasteiger partial charge in [0.05, 0.1) is 36.0 Å². The van der Waals surface area contributed by atoms with Gasteiger partial charge in [-0.15, -0.1) is 0 Å². The number of nitrogens with zero attached hydrogens (tertiary/aromatic N) is 3. The van der Waals surface area contributed by atoms with Crippen molar-refractivity contribution in [1.29, 1.82) is 0 Å². The molecule has 1 aliphatic rings. The number of ketones is 1. The zero-order valence-electron chi connectivity index (χ0n) is 20.7. The average molecular weight is 544 g/mol. The van der Waals surface area contributed by atoms with Gasteiger partial charge in [-0.1, -0.05) is 29.8 Å². The number of hydrogen-bond donors (Lipinski definition) is 2. The van der Waals surface area contributed by atoms with Gasteiger partial charge in [0, 0.05) is 67.3 Å². The fourth-order valence-electron chi connectivity index (χ4n) is 4.46. The highest BCUT2D eigenvalue weighted by molar-refractivity contribution is 6.41. The van der Waals surface area contributed by atoms with Crippen LogP contribution in [0.25, 0.3) is 22.0 Å². The van der Waals surface area contributed by atoms with Gasteiger partial charge in [0.1, 0.15) is 17.3 Å². The van der Waals surface area contributed by atoms with Crippen LogP contribution in [0.4, 0.5) is 10.6 Å². The van der Waals surface area contributed by atoms with Crippen molar-refractivity contribution in [2.75, 3.05) is 39.7 Å². The third-order valence-electron chi connectivity index (χ3n) is 6.40. The molecule has 2 N–H and O–H groups in total. The first-order chi connectivity index (χ1) is 17.8. The van der Waals surface area contributed by atoms with Gasteiger partial charge >= 0.3 is 6.03 Å². The van der Waals surface area contributed by atoms with Crippen LogP contribution < -0.4 is 20.1 Å². The Labute approximate surface area is 224 Å². The van der Waals surface area contributed by atoms with Crippen LogP contribution in [0.2, 0.25) is 10.0 Å². The number of carbonyl (C=O) groups excluding carboxylic acids is 2. The lowest BCUT2D eigenvalue weighted by Crippen LogP contribution is -2.37. The summed E-state index contributed by atoms with van der Waals surface area (Å²) >= 11 is 13.1. The van der Waals surface area contributed by atoms with Crippen molar-refractivity contribution in [1.82, 2.24) is 20.2 Å². The monoisotopic (exact) mass is 543 g/mol. The molecule has 0 radical (unpaired) electrons. The zero-order valence-corrected chi connectivity index (χ0v) is 22.2. The quantitative estimate of drug-likeness (QED) is 0.392. The minimum Gasteiger partial charge on any atom is -0.495 e. The maximum Gasteiger partial charge on any atom is 0.317 e. The maximum absolute atomic E-state index is 12.2. The first-order valence-electron chi connectivity index (χ1n) is 11.5. The molecule has 1 aliphatic heterocycles. The number of nitrogens with one attached hydrogen (secondary N) is 2. The highest BCUT2D eigenvalue weighted by atomic mass is 35.5. The number of carbonyl (C=O) groups is 2. The molecule has 1 aromatic carbocycles. The molecule has 11 heteroatoms. The molecule has 0 saturated carbocycles. The number of benzene rings is 1. The molecule has 2 atom stereocenters. The van der Waals surface area contributed by atoms with Crippen molar-refractivity contribution in [3.8, 4) is 22.8 Å². The molecule has 9 nitrogen and oxygen atoms in total. The highest BCUT2D eigenvalue weighted by Gasteiger charge is 2.36. The van der Waals surface area contributed by atoms with Crippen LogP contribution in [0, 0.1) is 5.92 Å². The smallest absolute Gasteiger partial charge is 0.317 e. The second-order valence-electron chi connectivity index (χ2n) is 8.62. The van der Waals surface area contributed by atoms with E-state index in [1.807, 2.05) is 12.1 Å². The number of aromatic nitrogens is 2. The van der Waals surface area contributed by atoms with Crippen molar-refractivity contribution >= 4 is 51.6 Å². The van der Waals surface area contributed by atoms with Gasteiger partial charge in [-0.3, -0.25) is 9.78 Å². The van der Waals surface area contributed by atoms with Gasteiger partial charge in [-0.2, -0.15) is 0 Å². The van der Waals surface area contributed by atoms with Crippen LogP contribution >= 0.6 is 23.2 Å². The van der Waals surface area contributed by atoms with Crippen molar-refractivity contribution < 1.29 is 19.1 Å². The van der Waals surface area contributed by atoms with Crippen molar-refractivity contribution in [2.24, 2.45) is 5.92 Å². The van der Waals surface area contributed by atoms with E-state index >= 15 is 0 Å². The summed E-state index contributed by atoms with van der Waals surface area (Å²) in [6, 6.07) is 5.00. The number of hydrogen-bond acceptors (Lipinski definition) is 7. The number of fused-ring (bicyclic) bond motifs is 1. The molecule has 1 saturated heterocycles. The summed E-state index contributed by atoms with van der Waals surface area (Å²) in [5.74, 6) is 1.31.